The van der Waals surface area contributed by atoms with Crippen LogP contribution in [0.25, 0.3) is 11.3 Å². The summed E-state index contributed by atoms with van der Waals surface area (Å²) in [5.74, 6) is 1.03. The second-order valence-electron chi connectivity index (χ2n) is 5.99. The van der Waals surface area contributed by atoms with E-state index in [0.717, 1.165) is 22.6 Å². The Hall–Kier alpha value is -2.86. The predicted molar refractivity (Wildman–Crippen MR) is 99.8 cm³/mol. The zero-order chi connectivity index (χ0) is 18.5. The number of aliphatic hydroxyl groups excluding tert-OH is 1. The smallest absolute Gasteiger partial charge is 0.128 e. The van der Waals surface area contributed by atoms with Crippen molar-refractivity contribution < 1.29 is 14.2 Å². The van der Waals surface area contributed by atoms with Crippen LogP contribution in [0.2, 0.25) is 0 Å². The summed E-state index contributed by atoms with van der Waals surface area (Å²) >= 11 is 0. The second kappa shape index (κ2) is 8.01. The molecule has 2 N–H and O–H groups in total. The van der Waals surface area contributed by atoms with Crippen molar-refractivity contribution in [2.45, 2.75) is 20.0 Å². The Balaban J connectivity index is 1.86. The van der Waals surface area contributed by atoms with Gasteiger partial charge in [-0.2, -0.15) is 5.10 Å². The summed E-state index contributed by atoms with van der Waals surface area (Å²) in [5, 5.41) is 17.1. The van der Waals surface area contributed by atoms with Crippen LogP contribution < -0.4 is 10.1 Å². The summed E-state index contributed by atoms with van der Waals surface area (Å²) in [4.78, 5) is 0. The van der Waals surface area contributed by atoms with Gasteiger partial charge in [-0.1, -0.05) is 24.3 Å². The van der Waals surface area contributed by atoms with Crippen LogP contribution >= 0.6 is 0 Å². The third-order valence-corrected chi connectivity index (χ3v) is 4.23. The van der Waals surface area contributed by atoms with Gasteiger partial charge in [0.2, 0.25) is 0 Å². The van der Waals surface area contributed by atoms with Crippen LogP contribution in [0.1, 0.15) is 11.1 Å². The summed E-state index contributed by atoms with van der Waals surface area (Å²) in [6.07, 6.45) is 0. The molecule has 0 bridgehead atoms. The number of aliphatic hydroxyl groups is 1. The number of benzene rings is 2. The number of ether oxygens (including phenoxy) is 1. The Kier molecular flexibility index (Phi) is 5.53. The molecule has 0 saturated heterocycles. The molecule has 1 heterocycles. The number of nitrogens with zero attached hydrogens (tertiary/aromatic N) is 2. The highest BCUT2D eigenvalue weighted by Crippen LogP contribution is 2.26. The fraction of sp³-hybridized carbons (Fsp3) is 0.250. The number of aryl methyl sites for hydroxylation is 1. The lowest BCUT2D eigenvalue weighted by Crippen LogP contribution is -2.11. The lowest BCUT2D eigenvalue weighted by atomic mass is 10.1. The Morgan fingerprint density at radius 2 is 2.00 bits per heavy atom. The molecule has 0 spiro atoms. The van der Waals surface area contributed by atoms with Crippen molar-refractivity contribution in [1.29, 1.82) is 0 Å². The Morgan fingerprint density at radius 1 is 1.19 bits per heavy atom. The quantitative estimate of drug-likeness (QED) is 0.680. The summed E-state index contributed by atoms with van der Waals surface area (Å²) in [6.45, 7) is 2.64. The van der Waals surface area contributed by atoms with E-state index in [2.05, 4.69) is 10.4 Å². The highest BCUT2D eigenvalue weighted by molar-refractivity contribution is 5.66. The SMILES string of the molecule is COc1ccc(F)c(CNc2cc(-c3ccccc3C)nn2CCO)c1. The zero-order valence-electron chi connectivity index (χ0n) is 14.9. The second-order valence-corrected chi connectivity index (χ2v) is 5.99. The number of aromatic nitrogens is 2. The molecule has 3 rings (SSSR count). The van der Waals surface area contributed by atoms with Gasteiger partial charge in [0, 0.05) is 23.7 Å². The Bertz CT molecular complexity index is 893. The van der Waals surface area contributed by atoms with E-state index < -0.39 is 0 Å². The minimum Gasteiger partial charge on any atom is -0.497 e. The average molecular weight is 355 g/mol. The van der Waals surface area contributed by atoms with Crippen molar-refractivity contribution in [3.05, 3.63) is 65.5 Å². The van der Waals surface area contributed by atoms with Crippen molar-refractivity contribution >= 4 is 5.82 Å². The average Bonchev–Trinajstić information content (AvgIpc) is 3.04. The topological polar surface area (TPSA) is 59.3 Å². The van der Waals surface area contributed by atoms with E-state index in [9.17, 15) is 9.50 Å². The van der Waals surface area contributed by atoms with Crippen molar-refractivity contribution in [1.82, 2.24) is 9.78 Å². The normalized spacial score (nSPS) is 10.8. The first-order valence-corrected chi connectivity index (χ1v) is 8.43. The molecule has 0 aliphatic heterocycles. The van der Waals surface area contributed by atoms with E-state index >= 15 is 0 Å². The van der Waals surface area contributed by atoms with E-state index in [1.54, 1.807) is 23.9 Å². The van der Waals surface area contributed by atoms with Gasteiger partial charge in [-0.25, -0.2) is 9.07 Å². The lowest BCUT2D eigenvalue weighted by molar-refractivity contribution is 0.270. The van der Waals surface area contributed by atoms with Crippen LogP contribution in [-0.4, -0.2) is 28.6 Å². The molecule has 0 saturated carbocycles. The number of methoxy groups -OCH3 is 1. The number of nitrogens with one attached hydrogen (secondary N) is 1. The van der Waals surface area contributed by atoms with Gasteiger partial charge in [0.25, 0.3) is 0 Å². The first-order valence-electron chi connectivity index (χ1n) is 8.43. The minimum absolute atomic E-state index is 0.0307. The standard InChI is InChI=1S/C20H22FN3O2/c1-14-5-3-4-6-17(14)19-12-20(24(23-19)9-10-25)22-13-15-11-16(26-2)7-8-18(15)21/h3-8,11-12,22,25H,9-10,13H2,1-2H3. The molecule has 3 aromatic rings. The molecule has 6 heteroatoms. The highest BCUT2D eigenvalue weighted by Gasteiger charge is 2.12. The minimum atomic E-state index is -0.300. The molecule has 0 fully saturated rings. The molecule has 0 atom stereocenters. The Labute approximate surface area is 152 Å². The fourth-order valence-electron chi connectivity index (χ4n) is 2.82. The highest BCUT2D eigenvalue weighted by atomic mass is 19.1. The number of halogens is 1. The maximum Gasteiger partial charge on any atom is 0.128 e. The molecule has 0 amide bonds. The van der Waals surface area contributed by atoms with Gasteiger partial charge in [-0.3, -0.25) is 0 Å². The summed E-state index contributed by atoms with van der Waals surface area (Å²) in [5.41, 5.74) is 3.45. The maximum absolute atomic E-state index is 14.0. The van der Waals surface area contributed by atoms with Crippen molar-refractivity contribution in [3.8, 4) is 17.0 Å². The summed E-state index contributed by atoms with van der Waals surface area (Å²) in [6, 6.07) is 14.5. The van der Waals surface area contributed by atoms with Crippen LogP contribution in [0.15, 0.2) is 48.5 Å². The van der Waals surface area contributed by atoms with Gasteiger partial charge >= 0.3 is 0 Å². The summed E-state index contributed by atoms with van der Waals surface area (Å²) < 4.78 is 20.9. The third-order valence-electron chi connectivity index (χ3n) is 4.23. The van der Waals surface area contributed by atoms with Crippen LogP contribution in [0, 0.1) is 12.7 Å². The molecule has 0 aliphatic carbocycles. The van der Waals surface area contributed by atoms with Gasteiger partial charge in [0.1, 0.15) is 17.4 Å². The van der Waals surface area contributed by atoms with Gasteiger partial charge < -0.3 is 15.2 Å². The molecule has 0 aliphatic rings. The lowest BCUT2D eigenvalue weighted by Gasteiger charge is -2.10. The number of rotatable bonds is 7. The van der Waals surface area contributed by atoms with E-state index in [-0.39, 0.29) is 19.0 Å². The molecule has 136 valence electrons. The first-order chi connectivity index (χ1) is 12.6. The molecule has 2 aromatic carbocycles. The number of hydrogen-bond donors (Lipinski definition) is 2. The number of anilines is 1. The van der Waals surface area contributed by atoms with Gasteiger partial charge in [-0.15, -0.1) is 0 Å². The van der Waals surface area contributed by atoms with Crippen LogP contribution in [-0.2, 0) is 13.1 Å². The molecular formula is C20H22FN3O2. The monoisotopic (exact) mass is 355 g/mol. The molecule has 5 nitrogen and oxygen atoms in total. The van der Waals surface area contributed by atoms with Gasteiger partial charge in [-0.05, 0) is 30.7 Å². The summed E-state index contributed by atoms with van der Waals surface area (Å²) in [7, 11) is 1.55. The van der Waals surface area contributed by atoms with E-state index in [4.69, 9.17) is 4.74 Å². The predicted octanol–water partition coefficient (Wildman–Crippen LogP) is 3.61. The molecule has 0 unspecified atom stereocenters. The van der Waals surface area contributed by atoms with Crippen LogP contribution in [0.5, 0.6) is 5.75 Å². The van der Waals surface area contributed by atoms with Crippen molar-refractivity contribution in [2.24, 2.45) is 0 Å². The van der Waals surface area contributed by atoms with Gasteiger partial charge in [0.15, 0.2) is 0 Å². The maximum atomic E-state index is 14.0. The van der Waals surface area contributed by atoms with Gasteiger partial charge in [0.05, 0.1) is 26.0 Å². The van der Waals surface area contributed by atoms with Crippen molar-refractivity contribution in [2.75, 3.05) is 19.0 Å². The fourth-order valence-corrected chi connectivity index (χ4v) is 2.82. The molecule has 1 aromatic heterocycles. The van der Waals surface area contributed by atoms with Crippen LogP contribution in [0.3, 0.4) is 0 Å². The molecular weight excluding hydrogens is 333 g/mol. The zero-order valence-corrected chi connectivity index (χ0v) is 14.9. The molecule has 26 heavy (non-hydrogen) atoms. The Morgan fingerprint density at radius 3 is 2.73 bits per heavy atom. The van der Waals surface area contributed by atoms with E-state index in [1.807, 2.05) is 37.3 Å². The largest absolute Gasteiger partial charge is 0.497 e. The third kappa shape index (κ3) is 3.86. The number of hydrogen-bond acceptors (Lipinski definition) is 4. The van der Waals surface area contributed by atoms with E-state index in [0.29, 0.717) is 17.9 Å². The van der Waals surface area contributed by atoms with Crippen LogP contribution in [0.4, 0.5) is 10.2 Å². The first kappa shape index (κ1) is 17.9. The molecule has 0 radical (unpaired) electrons. The van der Waals surface area contributed by atoms with Crippen molar-refractivity contribution in [3.63, 3.8) is 0 Å². The van der Waals surface area contributed by atoms with E-state index in [1.165, 1.54) is 6.07 Å².